The third-order valence-electron chi connectivity index (χ3n) is 4.37. The molecule has 1 heterocycles. The first kappa shape index (κ1) is 5.01. The molecule has 108 valence electrons. The quantitative estimate of drug-likeness (QED) is 0.784. The van der Waals surface area contributed by atoms with Gasteiger partial charge in [0.15, 0.2) is 0 Å². The van der Waals surface area contributed by atoms with Crippen LogP contribution in [-0.2, 0) is 11.8 Å². The maximum absolute atomic E-state index is 9.50. The van der Waals surface area contributed by atoms with E-state index in [1.807, 2.05) is 0 Å². The third-order valence-corrected chi connectivity index (χ3v) is 4.37. The van der Waals surface area contributed by atoms with Gasteiger partial charge < -0.3 is 9.64 Å². The molecule has 1 aromatic carbocycles. The van der Waals surface area contributed by atoms with Crippen molar-refractivity contribution in [1.29, 1.82) is 0 Å². The van der Waals surface area contributed by atoms with E-state index in [0.29, 0.717) is 0 Å². The maximum Gasteiger partial charge on any atom is 0.119 e. The molecule has 0 spiro atoms. The van der Waals surface area contributed by atoms with Crippen molar-refractivity contribution in [2.45, 2.75) is 49.8 Å². The summed E-state index contributed by atoms with van der Waals surface area (Å²) in [4.78, 5) is 1.31. The van der Waals surface area contributed by atoms with Crippen LogP contribution in [0.3, 0.4) is 0 Å². The van der Waals surface area contributed by atoms with Crippen LogP contribution in [0.15, 0.2) is 18.1 Å². The zero-order valence-corrected chi connectivity index (χ0v) is 11.5. The van der Waals surface area contributed by atoms with Crippen LogP contribution in [0.2, 0.25) is 0 Å². The number of hydrogen-bond acceptors (Lipinski definition) is 2. The molecule has 0 radical (unpaired) electrons. The minimum atomic E-state index is -3.51. The monoisotopic (exact) mass is 284 g/mol. The summed E-state index contributed by atoms with van der Waals surface area (Å²) in [5.41, 5.74) is -2.96. The second-order valence-electron chi connectivity index (χ2n) is 5.34. The number of hydrogen-bond donors (Lipinski definition) is 0. The van der Waals surface area contributed by atoms with E-state index < -0.39 is 79.5 Å². The largest absolute Gasteiger partial charge is 0.497 e. The Morgan fingerprint density at radius 3 is 3.25 bits per heavy atom. The molecule has 1 aromatic rings. The summed E-state index contributed by atoms with van der Waals surface area (Å²) in [7, 11) is 2.58. The fourth-order valence-electron chi connectivity index (χ4n) is 3.29. The molecule has 2 heteroatoms. The van der Waals surface area contributed by atoms with Gasteiger partial charge in [-0.3, -0.25) is 0 Å². The number of ether oxygens (including phenoxy) is 1. The lowest BCUT2D eigenvalue weighted by Crippen LogP contribution is -2.59. The average molecular weight is 284 g/mol. The summed E-state index contributed by atoms with van der Waals surface area (Å²) in [6.07, 6.45) is -14.6. The molecule has 4 rings (SSSR count). The van der Waals surface area contributed by atoms with Crippen LogP contribution < -0.4 is 4.74 Å². The number of benzene rings is 1. The third kappa shape index (κ3) is 1.60. The molecule has 1 aliphatic heterocycles. The fraction of sp³-hybridized carbons (Fsp3) is 0.667. The number of likely N-dealkylation sites (tertiary alicyclic amines) is 1. The lowest BCUT2D eigenvalue weighted by Gasteiger charge is -2.58. The Hall–Kier alpha value is -1.02. The van der Waals surface area contributed by atoms with Gasteiger partial charge >= 0.3 is 0 Å². The maximum atomic E-state index is 9.50. The van der Waals surface area contributed by atoms with E-state index in [0.717, 1.165) is 7.11 Å². The lowest BCUT2D eigenvalue weighted by molar-refractivity contribution is 0.00274. The van der Waals surface area contributed by atoms with Gasteiger partial charge in [0.25, 0.3) is 0 Å². The van der Waals surface area contributed by atoms with Gasteiger partial charge in [-0.1, -0.05) is 18.8 Å². The van der Waals surface area contributed by atoms with Crippen molar-refractivity contribution in [3.63, 3.8) is 0 Å². The van der Waals surface area contributed by atoms with Gasteiger partial charge in [-0.15, -0.1) is 0 Å². The molecule has 3 atom stereocenters. The summed E-state index contributed by atoms with van der Waals surface area (Å²) < 4.78 is 119. The van der Waals surface area contributed by atoms with E-state index in [1.54, 1.807) is 0 Å². The van der Waals surface area contributed by atoms with Crippen LogP contribution in [0.1, 0.15) is 60.9 Å². The predicted molar refractivity (Wildman–Crippen MR) is 81.4 cm³/mol. The highest BCUT2D eigenvalue weighted by Crippen LogP contribution is 2.55. The standard InChI is InChI=1S/C18H25NO/c1-19-10-9-18-8-4-3-5-15(18)17(19)11-13-6-7-14(20-2)12-16(13)18/h6-7,12,15,17H,3-5,8-11H2,1-2H3/t15-,17+,18+/m1/s1/i3D2,4D2,5D2,6D,7D,8D2,12D,15D,17D. The Morgan fingerprint density at radius 2 is 2.40 bits per heavy atom. The topological polar surface area (TPSA) is 12.5 Å². The Labute approximate surface area is 140 Å². The van der Waals surface area contributed by atoms with Gasteiger partial charge in [0.05, 0.1) is 11.2 Å². The highest BCUT2D eigenvalue weighted by atomic mass is 16.5. The summed E-state index contributed by atoms with van der Waals surface area (Å²) in [6.45, 7) is -0.0457. The van der Waals surface area contributed by atoms with Gasteiger partial charge in [-0.25, -0.2) is 0 Å². The molecule has 3 aliphatic rings. The smallest absolute Gasteiger partial charge is 0.119 e. The molecule has 2 nitrogen and oxygen atoms in total. The van der Waals surface area contributed by atoms with E-state index >= 15 is 0 Å². The molecule has 20 heavy (non-hydrogen) atoms. The summed E-state index contributed by atoms with van der Waals surface area (Å²) in [5, 5.41) is 0. The van der Waals surface area contributed by atoms with E-state index in [1.165, 1.54) is 11.9 Å². The van der Waals surface area contributed by atoms with E-state index in [4.69, 9.17) is 19.8 Å². The zero-order valence-electron chi connectivity index (χ0n) is 24.5. The van der Waals surface area contributed by atoms with Gasteiger partial charge in [0.2, 0.25) is 0 Å². The van der Waals surface area contributed by atoms with E-state index in [-0.39, 0.29) is 17.7 Å². The fourth-order valence-corrected chi connectivity index (χ4v) is 3.29. The Kier molecular flexibility index (Phi) is 1.13. The van der Waals surface area contributed by atoms with Gasteiger partial charge in [-0.05, 0) is 68.3 Å². The zero-order chi connectivity index (χ0) is 25.4. The first-order chi connectivity index (χ1) is 14.8. The van der Waals surface area contributed by atoms with Crippen LogP contribution in [-0.4, -0.2) is 31.6 Å². The minimum Gasteiger partial charge on any atom is -0.497 e. The number of nitrogens with zero attached hydrogens (tertiary/aromatic N) is 1. The van der Waals surface area contributed by atoms with Crippen molar-refractivity contribution >= 4 is 0 Å². The van der Waals surface area contributed by atoms with Crippen LogP contribution in [0.5, 0.6) is 5.75 Å². The first-order valence-corrected chi connectivity index (χ1v) is 6.66. The molecule has 2 fully saturated rings. The van der Waals surface area contributed by atoms with Crippen LogP contribution in [0.4, 0.5) is 0 Å². The van der Waals surface area contributed by atoms with Crippen molar-refractivity contribution in [3.8, 4) is 5.75 Å². The number of rotatable bonds is 1. The molecule has 1 saturated carbocycles. The van der Waals surface area contributed by atoms with Crippen molar-refractivity contribution in [2.24, 2.45) is 5.89 Å². The SMILES string of the molecule is [2H]c1c([2H])c(OC)c([2H])c2c1C[C@]1([2H])N(C)CC[C@]23C([2H])([2H])C([2H])([2H])C([2H])([2H])C([2H])([2H])[C@]13[2H]. The summed E-state index contributed by atoms with van der Waals surface area (Å²) in [6, 6.07) is -3.81. The molecule has 0 N–H and O–H groups in total. The van der Waals surface area contributed by atoms with E-state index in [2.05, 4.69) is 0 Å². The molecule has 0 unspecified atom stereocenters. The average Bonchev–Trinajstić information content (AvgIpc) is 2.70. The summed E-state index contributed by atoms with van der Waals surface area (Å²) >= 11 is 0. The molecule has 0 aromatic heterocycles. The first-order valence-electron chi connectivity index (χ1n) is 13.2. The second kappa shape index (κ2) is 4.49. The second-order valence-corrected chi connectivity index (χ2v) is 5.34. The Morgan fingerprint density at radius 1 is 1.50 bits per heavy atom. The number of methoxy groups -OCH3 is 1. The highest BCUT2D eigenvalue weighted by Gasteiger charge is 2.53. The normalized spacial score (nSPS) is 63.0. The van der Waals surface area contributed by atoms with Crippen LogP contribution in [0, 0.1) is 5.89 Å². The molecular weight excluding hydrogens is 246 g/mol. The van der Waals surface area contributed by atoms with Gasteiger partial charge in [-0.2, -0.15) is 0 Å². The van der Waals surface area contributed by atoms with Gasteiger partial charge in [0, 0.05) is 25.1 Å². The van der Waals surface area contributed by atoms with Crippen molar-refractivity contribution < 1.29 is 22.6 Å². The molecule has 2 bridgehead atoms. The minimum absolute atomic E-state index is 0.0457. The van der Waals surface area contributed by atoms with Gasteiger partial charge in [0.1, 0.15) is 5.75 Å². The predicted octanol–water partition coefficient (Wildman–Crippen LogP) is 3.38. The van der Waals surface area contributed by atoms with Crippen molar-refractivity contribution in [3.05, 3.63) is 29.3 Å². The van der Waals surface area contributed by atoms with E-state index in [9.17, 15) is 2.74 Å². The van der Waals surface area contributed by atoms with Crippen LogP contribution in [0.25, 0.3) is 0 Å². The highest BCUT2D eigenvalue weighted by molar-refractivity contribution is 5.45. The Balaban J connectivity index is 2.33. The number of piperidine rings is 1. The molecular formula is C18H25NO. The summed E-state index contributed by atoms with van der Waals surface area (Å²) in [5.74, 6) is -3.32. The van der Waals surface area contributed by atoms with Crippen LogP contribution >= 0.6 is 0 Å². The van der Waals surface area contributed by atoms with Crippen molar-refractivity contribution in [1.82, 2.24) is 4.90 Å². The Bertz CT molecular complexity index is 1060. The molecule has 0 amide bonds. The van der Waals surface area contributed by atoms with Crippen molar-refractivity contribution in [2.75, 3.05) is 20.7 Å². The number of likely N-dealkylation sites (N-methyl/N-ethyl adjacent to an activating group) is 1. The molecule has 2 aliphatic carbocycles. The lowest BCUT2D eigenvalue weighted by atomic mass is 9.52. The number of fused-ring (bicyclic) bond motifs is 1. The molecule has 1 saturated heterocycles.